The van der Waals surface area contributed by atoms with Gasteiger partial charge in [-0.3, -0.25) is 4.90 Å². The Labute approximate surface area is 110 Å². The third-order valence-electron chi connectivity index (χ3n) is 3.72. The largest absolute Gasteiger partial charge is 0.316 e. The van der Waals surface area contributed by atoms with Crippen LogP contribution in [0, 0.1) is 5.92 Å². The van der Waals surface area contributed by atoms with Gasteiger partial charge in [-0.15, -0.1) is 0 Å². The van der Waals surface area contributed by atoms with Crippen LogP contribution in [0.5, 0.6) is 0 Å². The van der Waals surface area contributed by atoms with Crippen molar-refractivity contribution in [1.29, 1.82) is 0 Å². The molecule has 1 aliphatic heterocycles. The van der Waals surface area contributed by atoms with E-state index in [-0.39, 0.29) is 0 Å². The van der Waals surface area contributed by atoms with E-state index in [1.165, 1.54) is 25.9 Å². The fourth-order valence-electron chi connectivity index (χ4n) is 2.63. The van der Waals surface area contributed by atoms with Crippen LogP contribution >= 0.6 is 0 Å². The van der Waals surface area contributed by atoms with Crippen molar-refractivity contribution in [3.63, 3.8) is 0 Å². The number of hydrogen-bond acceptors (Lipinski definition) is 4. The number of aromatic nitrogens is 3. The zero-order valence-corrected chi connectivity index (χ0v) is 11.6. The van der Waals surface area contributed by atoms with Crippen molar-refractivity contribution in [2.75, 3.05) is 26.2 Å². The predicted octanol–water partition coefficient (Wildman–Crippen LogP) is 1.12. The summed E-state index contributed by atoms with van der Waals surface area (Å²) in [5.41, 5.74) is 0. The maximum atomic E-state index is 4.36. The molecule has 1 saturated heterocycles. The second kappa shape index (κ2) is 6.85. The standard InChI is InChI=1S/C13H25N5/c1-3-17(9-12-6-5-7-14-8-12)10-13-15-11-16-18(13)4-2/h11-12,14H,3-10H2,1-2H3. The molecule has 18 heavy (non-hydrogen) atoms. The molecule has 5 heteroatoms. The van der Waals surface area contributed by atoms with Crippen LogP contribution in [0.15, 0.2) is 6.33 Å². The summed E-state index contributed by atoms with van der Waals surface area (Å²) in [6, 6.07) is 0. The van der Waals surface area contributed by atoms with Crippen LogP contribution < -0.4 is 5.32 Å². The molecule has 1 atom stereocenters. The van der Waals surface area contributed by atoms with Crippen LogP contribution in [0.4, 0.5) is 0 Å². The minimum atomic E-state index is 0.789. The number of aryl methyl sites for hydroxylation is 1. The van der Waals surface area contributed by atoms with Gasteiger partial charge >= 0.3 is 0 Å². The molecule has 0 aliphatic carbocycles. The van der Waals surface area contributed by atoms with E-state index in [9.17, 15) is 0 Å². The minimum absolute atomic E-state index is 0.789. The van der Waals surface area contributed by atoms with E-state index in [4.69, 9.17) is 0 Å². The van der Waals surface area contributed by atoms with E-state index in [0.29, 0.717) is 0 Å². The van der Waals surface area contributed by atoms with Gasteiger partial charge in [0.05, 0.1) is 6.54 Å². The number of rotatable bonds is 6. The van der Waals surface area contributed by atoms with Gasteiger partial charge in [0, 0.05) is 13.1 Å². The van der Waals surface area contributed by atoms with Crippen LogP contribution in [-0.2, 0) is 13.1 Å². The Morgan fingerprint density at radius 2 is 2.39 bits per heavy atom. The number of nitrogens with one attached hydrogen (secondary N) is 1. The Hall–Kier alpha value is -0.940. The summed E-state index contributed by atoms with van der Waals surface area (Å²) in [5, 5.41) is 7.72. The SMILES string of the molecule is CCN(Cc1ncnn1CC)CC1CCCNC1. The molecular formula is C13H25N5. The van der Waals surface area contributed by atoms with E-state index in [0.717, 1.165) is 37.9 Å². The lowest BCUT2D eigenvalue weighted by molar-refractivity contribution is 0.203. The molecule has 0 saturated carbocycles. The highest BCUT2D eigenvalue weighted by molar-refractivity contribution is 4.85. The Kier molecular flexibility index (Phi) is 5.13. The highest BCUT2D eigenvalue weighted by atomic mass is 15.3. The summed E-state index contributed by atoms with van der Waals surface area (Å²) in [4.78, 5) is 6.84. The summed E-state index contributed by atoms with van der Waals surface area (Å²) in [5.74, 6) is 1.87. The first kappa shape index (κ1) is 13.5. The average molecular weight is 251 g/mol. The summed E-state index contributed by atoms with van der Waals surface area (Å²) in [6.07, 6.45) is 4.33. The quantitative estimate of drug-likeness (QED) is 0.823. The van der Waals surface area contributed by atoms with Gasteiger partial charge in [-0.1, -0.05) is 6.92 Å². The van der Waals surface area contributed by atoms with E-state index < -0.39 is 0 Å². The van der Waals surface area contributed by atoms with Crippen LogP contribution in [0.25, 0.3) is 0 Å². The molecule has 1 unspecified atom stereocenters. The Morgan fingerprint density at radius 3 is 3.06 bits per heavy atom. The van der Waals surface area contributed by atoms with Gasteiger partial charge in [0.1, 0.15) is 12.2 Å². The summed E-state index contributed by atoms with van der Waals surface area (Å²) in [6.45, 7) is 10.7. The summed E-state index contributed by atoms with van der Waals surface area (Å²) >= 11 is 0. The lowest BCUT2D eigenvalue weighted by Crippen LogP contribution is -2.38. The molecule has 2 heterocycles. The van der Waals surface area contributed by atoms with Crippen LogP contribution in [0.3, 0.4) is 0 Å². The topological polar surface area (TPSA) is 46.0 Å². The lowest BCUT2D eigenvalue weighted by atomic mass is 9.99. The second-order valence-corrected chi connectivity index (χ2v) is 5.03. The maximum Gasteiger partial charge on any atom is 0.140 e. The lowest BCUT2D eigenvalue weighted by Gasteiger charge is -2.29. The van der Waals surface area contributed by atoms with Gasteiger partial charge in [-0.05, 0) is 45.3 Å². The molecule has 1 N–H and O–H groups in total. The van der Waals surface area contributed by atoms with Gasteiger partial charge in [0.25, 0.3) is 0 Å². The number of piperidine rings is 1. The van der Waals surface area contributed by atoms with Crippen LogP contribution in [-0.4, -0.2) is 45.8 Å². The Balaban J connectivity index is 1.88. The third kappa shape index (κ3) is 3.53. The van der Waals surface area contributed by atoms with Gasteiger partial charge in [0.2, 0.25) is 0 Å². The molecule has 1 fully saturated rings. The van der Waals surface area contributed by atoms with E-state index in [1.807, 2.05) is 4.68 Å². The highest BCUT2D eigenvalue weighted by Crippen LogP contribution is 2.13. The van der Waals surface area contributed by atoms with Gasteiger partial charge in [-0.25, -0.2) is 9.67 Å². The maximum absolute atomic E-state index is 4.36. The molecule has 1 aromatic rings. The zero-order chi connectivity index (χ0) is 12.8. The van der Waals surface area contributed by atoms with Gasteiger partial charge in [-0.2, -0.15) is 5.10 Å². The van der Waals surface area contributed by atoms with Crippen molar-refractivity contribution in [3.05, 3.63) is 12.2 Å². The number of hydrogen-bond donors (Lipinski definition) is 1. The van der Waals surface area contributed by atoms with Crippen molar-refractivity contribution in [2.45, 2.75) is 39.8 Å². The third-order valence-corrected chi connectivity index (χ3v) is 3.72. The fraction of sp³-hybridized carbons (Fsp3) is 0.846. The second-order valence-electron chi connectivity index (χ2n) is 5.03. The highest BCUT2D eigenvalue weighted by Gasteiger charge is 2.17. The van der Waals surface area contributed by atoms with Crippen molar-refractivity contribution in [2.24, 2.45) is 5.92 Å². The minimum Gasteiger partial charge on any atom is -0.316 e. The zero-order valence-electron chi connectivity index (χ0n) is 11.6. The van der Waals surface area contributed by atoms with Crippen molar-refractivity contribution in [3.8, 4) is 0 Å². The molecule has 1 aromatic heterocycles. The normalized spacial score (nSPS) is 20.5. The Morgan fingerprint density at radius 1 is 1.50 bits per heavy atom. The first-order chi connectivity index (χ1) is 8.83. The molecule has 0 amide bonds. The van der Waals surface area contributed by atoms with E-state index >= 15 is 0 Å². The smallest absolute Gasteiger partial charge is 0.140 e. The monoisotopic (exact) mass is 251 g/mol. The molecular weight excluding hydrogens is 226 g/mol. The van der Waals surface area contributed by atoms with Gasteiger partial charge < -0.3 is 5.32 Å². The van der Waals surface area contributed by atoms with Crippen molar-refractivity contribution in [1.82, 2.24) is 25.0 Å². The molecule has 0 bridgehead atoms. The molecule has 102 valence electrons. The molecule has 0 aromatic carbocycles. The van der Waals surface area contributed by atoms with Crippen molar-refractivity contribution >= 4 is 0 Å². The molecule has 1 aliphatic rings. The molecule has 0 spiro atoms. The molecule has 0 radical (unpaired) electrons. The van der Waals surface area contributed by atoms with E-state index in [2.05, 4.69) is 34.1 Å². The Bertz CT molecular complexity index is 343. The average Bonchev–Trinajstić information content (AvgIpc) is 2.86. The van der Waals surface area contributed by atoms with Crippen molar-refractivity contribution < 1.29 is 0 Å². The summed E-state index contributed by atoms with van der Waals surface area (Å²) < 4.78 is 1.99. The fourth-order valence-corrected chi connectivity index (χ4v) is 2.63. The molecule has 2 rings (SSSR count). The van der Waals surface area contributed by atoms with Gasteiger partial charge in [0.15, 0.2) is 0 Å². The summed E-state index contributed by atoms with van der Waals surface area (Å²) in [7, 11) is 0. The molecule has 5 nitrogen and oxygen atoms in total. The first-order valence-corrected chi connectivity index (χ1v) is 7.13. The van der Waals surface area contributed by atoms with Crippen LogP contribution in [0.1, 0.15) is 32.5 Å². The first-order valence-electron chi connectivity index (χ1n) is 7.13. The predicted molar refractivity (Wildman–Crippen MR) is 72.2 cm³/mol. The van der Waals surface area contributed by atoms with E-state index in [1.54, 1.807) is 6.33 Å². The number of nitrogens with zero attached hydrogens (tertiary/aromatic N) is 4. The van der Waals surface area contributed by atoms with Crippen LogP contribution in [0.2, 0.25) is 0 Å².